The van der Waals surface area contributed by atoms with Gasteiger partial charge < -0.3 is 19.3 Å². The molecular weight excluding hydrogens is 268 g/mol. The lowest BCUT2D eigenvalue weighted by Gasteiger charge is -2.12. The maximum Gasteiger partial charge on any atom is 0.174 e. The minimum Gasteiger partial charge on any atom is -0.497 e. The van der Waals surface area contributed by atoms with E-state index in [1.54, 1.807) is 7.11 Å². The summed E-state index contributed by atoms with van der Waals surface area (Å²) in [5.41, 5.74) is 1.96. The van der Waals surface area contributed by atoms with E-state index in [-0.39, 0.29) is 0 Å². The predicted molar refractivity (Wildman–Crippen MR) is 78.4 cm³/mol. The van der Waals surface area contributed by atoms with Crippen LogP contribution in [0.25, 0.3) is 0 Å². The van der Waals surface area contributed by atoms with E-state index < -0.39 is 0 Å². The number of hydrogen-bond acceptors (Lipinski definition) is 5. The van der Waals surface area contributed by atoms with E-state index in [4.69, 9.17) is 14.0 Å². The van der Waals surface area contributed by atoms with Crippen LogP contribution in [0.3, 0.4) is 0 Å². The number of nitrogens with one attached hydrogen (secondary N) is 1. The summed E-state index contributed by atoms with van der Waals surface area (Å²) in [5.74, 6) is 2.41. The molecule has 112 valence electrons. The quantitative estimate of drug-likeness (QED) is 0.849. The molecule has 0 saturated heterocycles. The molecule has 0 amide bonds. The van der Waals surface area contributed by atoms with Crippen molar-refractivity contribution in [3.05, 3.63) is 41.3 Å². The summed E-state index contributed by atoms with van der Waals surface area (Å²) in [4.78, 5) is 0. The van der Waals surface area contributed by atoms with Crippen LogP contribution in [-0.4, -0.2) is 18.3 Å². The van der Waals surface area contributed by atoms with Gasteiger partial charge in [-0.3, -0.25) is 0 Å². The largest absolute Gasteiger partial charge is 0.497 e. The topological polar surface area (TPSA) is 56.5 Å². The van der Waals surface area contributed by atoms with Crippen LogP contribution in [0.2, 0.25) is 0 Å². The van der Waals surface area contributed by atoms with Crippen molar-refractivity contribution in [2.75, 3.05) is 7.11 Å². The molecule has 21 heavy (non-hydrogen) atoms. The molecule has 1 aliphatic carbocycles. The Morgan fingerprint density at radius 2 is 2.19 bits per heavy atom. The third-order valence-electron chi connectivity index (χ3n) is 3.47. The van der Waals surface area contributed by atoms with Gasteiger partial charge in [0.1, 0.15) is 18.1 Å². The highest BCUT2D eigenvalue weighted by Crippen LogP contribution is 2.27. The molecule has 1 aromatic carbocycles. The summed E-state index contributed by atoms with van der Waals surface area (Å²) in [6.07, 6.45) is 2.52. The van der Waals surface area contributed by atoms with E-state index in [2.05, 4.69) is 10.5 Å². The molecule has 2 aromatic rings. The fourth-order valence-corrected chi connectivity index (χ4v) is 2.14. The van der Waals surface area contributed by atoms with Gasteiger partial charge >= 0.3 is 0 Å². The molecule has 5 heteroatoms. The lowest BCUT2D eigenvalue weighted by molar-refractivity contribution is 0.246. The molecule has 0 spiro atoms. The number of ether oxygens (including phenoxy) is 2. The fourth-order valence-electron chi connectivity index (χ4n) is 2.14. The van der Waals surface area contributed by atoms with Crippen LogP contribution in [0, 0.1) is 6.92 Å². The van der Waals surface area contributed by atoms with Crippen molar-refractivity contribution >= 4 is 0 Å². The number of rotatable bonds is 7. The standard InChI is InChI=1S/C16H20N2O3/c1-11-7-15(21-18-11)10-20-16-6-5-14(19-2)8-12(16)9-17-13-3-4-13/h5-8,13,17H,3-4,9-10H2,1-2H3. The Morgan fingerprint density at radius 1 is 1.33 bits per heavy atom. The smallest absolute Gasteiger partial charge is 0.174 e. The molecular formula is C16H20N2O3. The number of methoxy groups -OCH3 is 1. The third kappa shape index (κ3) is 3.76. The highest BCUT2D eigenvalue weighted by molar-refractivity contribution is 5.40. The molecule has 1 saturated carbocycles. The second-order valence-electron chi connectivity index (χ2n) is 5.35. The Balaban J connectivity index is 1.69. The van der Waals surface area contributed by atoms with E-state index >= 15 is 0 Å². The lowest BCUT2D eigenvalue weighted by atomic mass is 10.2. The summed E-state index contributed by atoms with van der Waals surface area (Å²) in [6, 6.07) is 8.39. The first kappa shape index (κ1) is 13.9. The van der Waals surface area contributed by atoms with Crippen LogP contribution < -0.4 is 14.8 Å². The zero-order chi connectivity index (χ0) is 14.7. The van der Waals surface area contributed by atoms with Gasteiger partial charge in [0.2, 0.25) is 0 Å². The monoisotopic (exact) mass is 288 g/mol. The average molecular weight is 288 g/mol. The second-order valence-corrected chi connectivity index (χ2v) is 5.35. The lowest BCUT2D eigenvalue weighted by Crippen LogP contribution is -2.16. The summed E-state index contributed by atoms with van der Waals surface area (Å²) < 4.78 is 16.3. The molecule has 1 fully saturated rings. The summed E-state index contributed by atoms with van der Waals surface area (Å²) >= 11 is 0. The van der Waals surface area contributed by atoms with Crippen molar-refractivity contribution in [1.29, 1.82) is 0 Å². The molecule has 0 atom stereocenters. The zero-order valence-corrected chi connectivity index (χ0v) is 12.4. The number of nitrogens with zero attached hydrogens (tertiary/aromatic N) is 1. The maximum atomic E-state index is 5.86. The molecule has 5 nitrogen and oxygen atoms in total. The molecule has 0 bridgehead atoms. The van der Waals surface area contributed by atoms with Gasteiger partial charge in [0.05, 0.1) is 12.8 Å². The van der Waals surface area contributed by atoms with E-state index in [0.717, 1.165) is 35.1 Å². The fraction of sp³-hybridized carbons (Fsp3) is 0.438. The minimum absolute atomic E-state index is 0.379. The number of benzene rings is 1. The second kappa shape index (κ2) is 6.18. The third-order valence-corrected chi connectivity index (χ3v) is 3.47. The van der Waals surface area contributed by atoms with Crippen molar-refractivity contribution in [2.45, 2.75) is 39.0 Å². The van der Waals surface area contributed by atoms with Crippen LogP contribution in [0.4, 0.5) is 0 Å². The van der Waals surface area contributed by atoms with Crippen molar-refractivity contribution in [1.82, 2.24) is 10.5 Å². The molecule has 1 aliphatic rings. The normalized spacial score (nSPS) is 14.2. The van der Waals surface area contributed by atoms with Gasteiger partial charge in [-0.25, -0.2) is 0 Å². The predicted octanol–water partition coefficient (Wildman–Crippen LogP) is 2.82. The Hall–Kier alpha value is -2.01. The van der Waals surface area contributed by atoms with Crippen LogP contribution in [0.1, 0.15) is 29.9 Å². The van der Waals surface area contributed by atoms with Crippen molar-refractivity contribution in [3.63, 3.8) is 0 Å². The van der Waals surface area contributed by atoms with Crippen molar-refractivity contribution < 1.29 is 14.0 Å². The van der Waals surface area contributed by atoms with E-state index in [1.807, 2.05) is 31.2 Å². The summed E-state index contributed by atoms with van der Waals surface area (Å²) in [5, 5.41) is 7.35. The first-order valence-electron chi connectivity index (χ1n) is 7.20. The molecule has 3 rings (SSSR count). The summed E-state index contributed by atoms with van der Waals surface area (Å²) in [6.45, 7) is 3.06. The van der Waals surface area contributed by atoms with Gasteiger partial charge in [-0.15, -0.1) is 0 Å². The van der Waals surface area contributed by atoms with Gasteiger partial charge in [-0.05, 0) is 38.0 Å². The minimum atomic E-state index is 0.379. The Morgan fingerprint density at radius 3 is 2.86 bits per heavy atom. The van der Waals surface area contributed by atoms with Crippen LogP contribution in [0.15, 0.2) is 28.8 Å². The Kier molecular flexibility index (Phi) is 4.10. The van der Waals surface area contributed by atoms with Gasteiger partial charge in [0.25, 0.3) is 0 Å². The number of aromatic nitrogens is 1. The van der Waals surface area contributed by atoms with Gasteiger partial charge in [0.15, 0.2) is 5.76 Å². The molecule has 1 heterocycles. The molecule has 1 N–H and O–H groups in total. The van der Waals surface area contributed by atoms with E-state index in [1.165, 1.54) is 12.8 Å². The summed E-state index contributed by atoms with van der Waals surface area (Å²) in [7, 11) is 1.67. The highest BCUT2D eigenvalue weighted by Gasteiger charge is 2.20. The maximum absolute atomic E-state index is 5.86. The van der Waals surface area contributed by atoms with Crippen molar-refractivity contribution in [3.8, 4) is 11.5 Å². The van der Waals surface area contributed by atoms with Gasteiger partial charge in [0, 0.05) is 24.2 Å². The highest BCUT2D eigenvalue weighted by atomic mass is 16.5. The Labute approximate surface area is 124 Å². The van der Waals surface area contributed by atoms with E-state index in [0.29, 0.717) is 12.6 Å². The molecule has 0 radical (unpaired) electrons. The molecule has 1 aromatic heterocycles. The van der Waals surface area contributed by atoms with Crippen LogP contribution in [-0.2, 0) is 13.2 Å². The first-order valence-corrected chi connectivity index (χ1v) is 7.20. The van der Waals surface area contributed by atoms with Crippen LogP contribution in [0.5, 0.6) is 11.5 Å². The van der Waals surface area contributed by atoms with Crippen molar-refractivity contribution in [2.24, 2.45) is 0 Å². The first-order chi connectivity index (χ1) is 10.2. The average Bonchev–Trinajstić information content (AvgIpc) is 3.24. The Bertz CT molecular complexity index is 605. The van der Waals surface area contributed by atoms with Crippen LogP contribution >= 0.6 is 0 Å². The molecule has 0 unspecified atom stereocenters. The SMILES string of the molecule is COc1ccc(OCc2cc(C)no2)c(CNC2CC2)c1. The number of hydrogen-bond donors (Lipinski definition) is 1. The van der Waals surface area contributed by atoms with Gasteiger partial charge in [-0.2, -0.15) is 0 Å². The zero-order valence-electron chi connectivity index (χ0n) is 12.4. The number of aryl methyl sites for hydroxylation is 1. The van der Waals surface area contributed by atoms with E-state index in [9.17, 15) is 0 Å². The molecule has 0 aliphatic heterocycles. The van der Waals surface area contributed by atoms with Gasteiger partial charge in [-0.1, -0.05) is 5.16 Å².